The van der Waals surface area contributed by atoms with Crippen molar-refractivity contribution in [2.24, 2.45) is 5.92 Å². The van der Waals surface area contributed by atoms with Crippen molar-refractivity contribution in [3.8, 4) is 0 Å². The number of rotatable bonds is 6. The third-order valence-corrected chi connectivity index (χ3v) is 6.40. The fourth-order valence-corrected chi connectivity index (χ4v) is 4.72. The van der Waals surface area contributed by atoms with Gasteiger partial charge in [0.1, 0.15) is 0 Å². The average molecular weight is 341 g/mol. The van der Waals surface area contributed by atoms with Crippen molar-refractivity contribution in [3.05, 3.63) is 0 Å². The zero-order chi connectivity index (χ0) is 17.9. The number of unbranched alkanes of at least 4 members (excludes halogenated alkanes) is 2. The molecule has 144 valence electrons. The predicted molar refractivity (Wildman–Crippen MR) is 108 cm³/mol. The molecule has 0 spiro atoms. The van der Waals surface area contributed by atoms with E-state index in [1.54, 1.807) is 0 Å². The number of hydrogen-bond acceptors (Lipinski definition) is 0. The van der Waals surface area contributed by atoms with Gasteiger partial charge in [-0.25, -0.2) is 0 Å². The molecule has 0 N–H and O–H groups in total. The van der Waals surface area contributed by atoms with Gasteiger partial charge in [-0.1, -0.05) is 33.6 Å². The smallest absolute Gasteiger partial charge is 0.0810 e. The second kappa shape index (κ2) is 11.5. The Morgan fingerprint density at radius 2 is 1.21 bits per heavy atom. The molecular formula is C22H48N2+2. The van der Waals surface area contributed by atoms with Crippen LogP contribution in [0.4, 0.5) is 0 Å². The van der Waals surface area contributed by atoms with Crippen molar-refractivity contribution in [2.45, 2.75) is 85.0 Å². The van der Waals surface area contributed by atoms with Crippen molar-refractivity contribution in [2.75, 3.05) is 53.4 Å². The number of hydrogen-bond donors (Lipinski definition) is 0. The summed E-state index contributed by atoms with van der Waals surface area (Å²) < 4.78 is 2.70. The summed E-state index contributed by atoms with van der Waals surface area (Å²) in [7, 11) is 4.88. The highest BCUT2D eigenvalue weighted by atomic mass is 15.3. The van der Waals surface area contributed by atoms with Crippen LogP contribution in [0.3, 0.4) is 0 Å². The molecule has 2 atom stereocenters. The van der Waals surface area contributed by atoms with Gasteiger partial charge in [-0.15, -0.1) is 0 Å². The fraction of sp³-hybridized carbons (Fsp3) is 1.00. The van der Waals surface area contributed by atoms with E-state index in [1.165, 1.54) is 112 Å². The third kappa shape index (κ3) is 8.85. The molecule has 0 amide bonds. The highest BCUT2D eigenvalue weighted by molar-refractivity contribution is 4.59. The summed E-state index contributed by atoms with van der Waals surface area (Å²) in [6.07, 6.45) is 14.3. The number of likely N-dealkylation sites (tertiary alicyclic amines) is 2. The lowest BCUT2D eigenvalue weighted by Gasteiger charge is -2.40. The Bertz CT molecular complexity index is 299. The molecule has 0 bridgehead atoms. The van der Waals surface area contributed by atoms with Crippen LogP contribution in [-0.2, 0) is 0 Å². The standard InChI is InChI=1S/2C11H24N/c1-4-5-8-12(3)9-6-7-11(2)10-12;1-3-4-9-12(2)10-7-5-6-8-11-12/h11H,4-10H2,1-3H3;3-11H2,1-2H3/q2*+1. The molecule has 2 rings (SSSR count). The van der Waals surface area contributed by atoms with E-state index in [9.17, 15) is 0 Å². The topological polar surface area (TPSA) is 0 Å². The SMILES string of the molecule is CCCC[N+]1(C)CCCC(C)C1.CCCC[N+]1(C)CCCCCC1. The fourth-order valence-electron chi connectivity index (χ4n) is 4.72. The van der Waals surface area contributed by atoms with Gasteiger partial charge in [0.25, 0.3) is 0 Å². The Morgan fingerprint density at radius 1 is 0.708 bits per heavy atom. The van der Waals surface area contributed by atoms with Crippen molar-refractivity contribution < 1.29 is 8.97 Å². The first-order valence-electron chi connectivity index (χ1n) is 11.1. The van der Waals surface area contributed by atoms with Crippen LogP contribution in [0.1, 0.15) is 85.0 Å². The maximum Gasteiger partial charge on any atom is 0.0810 e. The summed E-state index contributed by atoms with van der Waals surface area (Å²) in [6.45, 7) is 15.5. The van der Waals surface area contributed by atoms with Crippen LogP contribution in [0, 0.1) is 5.92 Å². The molecule has 0 aromatic carbocycles. The maximum atomic E-state index is 2.45. The summed E-state index contributed by atoms with van der Waals surface area (Å²) in [5.41, 5.74) is 0. The van der Waals surface area contributed by atoms with E-state index >= 15 is 0 Å². The number of nitrogens with zero attached hydrogens (tertiary/aromatic N) is 2. The van der Waals surface area contributed by atoms with Crippen LogP contribution in [0.2, 0.25) is 0 Å². The van der Waals surface area contributed by atoms with Gasteiger partial charge in [-0.3, -0.25) is 0 Å². The van der Waals surface area contributed by atoms with E-state index in [0.717, 1.165) is 5.92 Å². The zero-order valence-corrected chi connectivity index (χ0v) is 17.8. The van der Waals surface area contributed by atoms with E-state index in [2.05, 4.69) is 34.9 Å². The molecule has 0 aromatic heterocycles. The van der Waals surface area contributed by atoms with E-state index in [0.29, 0.717) is 0 Å². The van der Waals surface area contributed by atoms with Gasteiger partial charge in [-0.2, -0.15) is 0 Å². The van der Waals surface area contributed by atoms with E-state index in [4.69, 9.17) is 0 Å². The summed E-state index contributed by atoms with van der Waals surface area (Å²) >= 11 is 0. The Kier molecular flexibility index (Phi) is 10.5. The quantitative estimate of drug-likeness (QED) is 0.562. The maximum absolute atomic E-state index is 2.45. The lowest BCUT2D eigenvalue weighted by molar-refractivity contribution is -0.917. The highest BCUT2D eigenvalue weighted by Crippen LogP contribution is 2.21. The summed E-state index contributed by atoms with van der Waals surface area (Å²) in [6, 6.07) is 0. The molecule has 2 unspecified atom stereocenters. The van der Waals surface area contributed by atoms with Gasteiger partial charge in [0.15, 0.2) is 0 Å². The van der Waals surface area contributed by atoms with Crippen LogP contribution in [0.25, 0.3) is 0 Å². The monoisotopic (exact) mass is 340 g/mol. The molecule has 2 aliphatic heterocycles. The first kappa shape index (κ1) is 22.0. The highest BCUT2D eigenvalue weighted by Gasteiger charge is 2.27. The molecule has 24 heavy (non-hydrogen) atoms. The Balaban J connectivity index is 0.000000240. The van der Waals surface area contributed by atoms with E-state index in [-0.39, 0.29) is 0 Å². The molecule has 0 aromatic rings. The lowest BCUT2D eigenvalue weighted by Crippen LogP contribution is -2.50. The minimum atomic E-state index is 0.959. The van der Waals surface area contributed by atoms with Crippen LogP contribution in [0.5, 0.6) is 0 Å². The first-order chi connectivity index (χ1) is 11.4. The van der Waals surface area contributed by atoms with E-state index in [1.807, 2.05) is 0 Å². The molecule has 0 aliphatic carbocycles. The summed E-state index contributed by atoms with van der Waals surface area (Å²) in [4.78, 5) is 0. The number of quaternary nitrogens is 2. The van der Waals surface area contributed by atoms with Gasteiger partial charge in [0.2, 0.25) is 0 Å². The first-order valence-corrected chi connectivity index (χ1v) is 11.1. The van der Waals surface area contributed by atoms with Gasteiger partial charge < -0.3 is 8.97 Å². The molecule has 2 nitrogen and oxygen atoms in total. The second-order valence-electron chi connectivity index (χ2n) is 9.41. The second-order valence-corrected chi connectivity index (χ2v) is 9.41. The predicted octanol–water partition coefficient (Wildman–Crippen LogP) is 5.47. The van der Waals surface area contributed by atoms with Gasteiger partial charge in [0, 0.05) is 5.92 Å². The normalized spacial score (nSPS) is 30.1. The van der Waals surface area contributed by atoms with Crippen molar-refractivity contribution >= 4 is 0 Å². The van der Waals surface area contributed by atoms with Crippen LogP contribution in [0.15, 0.2) is 0 Å². The van der Waals surface area contributed by atoms with Gasteiger partial charge >= 0.3 is 0 Å². The zero-order valence-electron chi connectivity index (χ0n) is 17.8. The largest absolute Gasteiger partial charge is 0.326 e. The molecule has 2 aliphatic rings. The molecular weight excluding hydrogens is 292 g/mol. The molecule has 0 radical (unpaired) electrons. The molecule has 2 saturated heterocycles. The van der Waals surface area contributed by atoms with Crippen LogP contribution in [-0.4, -0.2) is 62.3 Å². The van der Waals surface area contributed by atoms with Crippen LogP contribution < -0.4 is 0 Å². The number of piperidine rings is 1. The Hall–Kier alpha value is -0.0800. The average Bonchev–Trinajstić information content (AvgIpc) is 2.77. The van der Waals surface area contributed by atoms with Crippen LogP contribution >= 0.6 is 0 Å². The molecule has 2 fully saturated rings. The van der Waals surface area contributed by atoms with Gasteiger partial charge in [0.05, 0.1) is 53.4 Å². The molecule has 2 heteroatoms. The van der Waals surface area contributed by atoms with Crippen molar-refractivity contribution in [1.29, 1.82) is 0 Å². The summed E-state index contributed by atoms with van der Waals surface area (Å²) in [5, 5.41) is 0. The van der Waals surface area contributed by atoms with Gasteiger partial charge in [-0.05, 0) is 51.4 Å². The molecule has 2 heterocycles. The minimum Gasteiger partial charge on any atom is -0.326 e. The lowest BCUT2D eigenvalue weighted by atomic mass is 9.98. The Labute approximate surface area is 153 Å². The molecule has 0 saturated carbocycles. The summed E-state index contributed by atoms with van der Waals surface area (Å²) in [5.74, 6) is 0.959. The Morgan fingerprint density at radius 3 is 1.71 bits per heavy atom. The third-order valence-electron chi connectivity index (χ3n) is 6.40. The minimum absolute atomic E-state index is 0.959. The van der Waals surface area contributed by atoms with E-state index < -0.39 is 0 Å². The van der Waals surface area contributed by atoms with Crippen molar-refractivity contribution in [3.63, 3.8) is 0 Å². The van der Waals surface area contributed by atoms with Crippen molar-refractivity contribution in [1.82, 2.24) is 0 Å².